The van der Waals surface area contributed by atoms with Gasteiger partial charge in [-0.15, -0.1) is 0 Å². The van der Waals surface area contributed by atoms with Crippen molar-refractivity contribution in [1.82, 2.24) is 20.4 Å². The van der Waals surface area contributed by atoms with Crippen LogP contribution in [-0.4, -0.2) is 92.6 Å². The smallest absolute Gasteiger partial charge is 0.314 e. The van der Waals surface area contributed by atoms with Crippen LogP contribution in [0.3, 0.4) is 0 Å². The van der Waals surface area contributed by atoms with Crippen LogP contribution in [0.2, 0.25) is 0 Å². The lowest BCUT2D eigenvalue weighted by Crippen LogP contribution is -2.62. The largest absolute Gasteiger partial charge is 0.379 e. The van der Waals surface area contributed by atoms with Gasteiger partial charge in [-0.25, -0.2) is 4.79 Å². The van der Waals surface area contributed by atoms with E-state index in [1.807, 2.05) is 0 Å². The molecular formula is C23H42N4O3. The lowest BCUT2D eigenvalue weighted by atomic mass is 9.79. The van der Waals surface area contributed by atoms with Crippen LogP contribution in [-0.2, 0) is 9.47 Å². The van der Waals surface area contributed by atoms with Gasteiger partial charge in [0, 0.05) is 50.3 Å². The zero-order valence-electron chi connectivity index (χ0n) is 18.8. The Morgan fingerprint density at radius 3 is 1.37 bits per heavy atom. The number of rotatable bonds is 6. The summed E-state index contributed by atoms with van der Waals surface area (Å²) in [6.07, 6.45) is 12.4. The molecule has 0 aromatic rings. The molecule has 2 saturated carbocycles. The third-order valence-corrected chi connectivity index (χ3v) is 8.09. The number of amides is 2. The third kappa shape index (κ3) is 5.29. The summed E-state index contributed by atoms with van der Waals surface area (Å²) in [5.41, 5.74) is 0.234. The Labute approximate surface area is 182 Å². The average Bonchev–Trinajstić information content (AvgIpc) is 2.84. The molecule has 4 fully saturated rings. The zero-order chi connectivity index (χ0) is 20.7. The van der Waals surface area contributed by atoms with Crippen molar-refractivity contribution in [2.45, 2.75) is 75.3 Å². The first kappa shape index (κ1) is 22.3. The molecule has 2 amide bonds. The molecule has 0 aromatic carbocycles. The molecular weight excluding hydrogens is 380 g/mol. The fourth-order valence-electron chi connectivity index (χ4n) is 6.26. The number of nitrogens with one attached hydrogen (secondary N) is 2. The number of carbonyl (C=O) groups is 1. The van der Waals surface area contributed by atoms with Gasteiger partial charge in [0.15, 0.2) is 0 Å². The zero-order valence-corrected chi connectivity index (χ0v) is 18.8. The molecule has 0 unspecified atom stereocenters. The molecule has 2 saturated heterocycles. The monoisotopic (exact) mass is 422 g/mol. The van der Waals surface area contributed by atoms with E-state index in [1.165, 1.54) is 64.2 Å². The second kappa shape index (κ2) is 10.6. The number of hydrogen-bond donors (Lipinski definition) is 2. The summed E-state index contributed by atoms with van der Waals surface area (Å²) < 4.78 is 11.2. The minimum Gasteiger partial charge on any atom is -0.379 e. The number of morpholine rings is 2. The highest BCUT2D eigenvalue weighted by Gasteiger charge is 2.40. The van der Waals surface area contributed by atoms with Crippen molar-refractivity contribution in [1.29, 1.82) is 0 Å². The second-order valence-corrected chi connectivity index (χ2v) is 9.81. The van der Waals surface area contributed by atoms with Crippen LogP contribution in [0.1, 0.15) is 64.2 Å². The van der Waals surface area contributed by atoms with E-state index in [4.69, 9.17) is 9.47 Å². The van der Waals surface area contributed by atoms with Crippen molar-refractivity contribution in [3.63, 3.8) is 0 Å². The highest BCUT2D eigenvalue weighted by atomic mass is 16.5. The highest BCUT2D eigenvalue weighted by molar-refractivity contribution is 5.74. The second-order valence-electron chi connectivity index (χ2n) is 9.81. The van der Waals surface area contributed by atoms with Crippen LogP contribution in [0.15, 0.2) is 0 Å². The van der Waals surface area contributed by atoms with Gasteiger partial charge in [0.05, 0.1) is 26.4 Å². The Hall–Kier alpha value is -0.890. The molecule has 2 aliphatic heterocycles. The van der Waals surface area contributed by atoms with E-state index in [2.05, 4.69) is 20.4 Å². The Kier molecular flexibility index (Phi) is 7.90. The number of carbonyl (C=O) groups excluding carboxylic acids is 1. The maximum atomic E-state index is 12.9. The van der Waals surface area contributed by atoms with E-state index in [-0.39, 0.29) is 17.1 Å². The Morgan fingerprint density at radius 1 is 0.633 bits per heavy atom. The number of urea groups is 1. The van der Waals surface area contributed by atoms with Gasteiger partial charge in [0.2, 0.25) is 0 Å². The standard InChI is InChI=1S/C23H42N4O3/c28-21(24-19-22(7-3-1-4-8-22)26-11-15-29-16-12-26)25-20-23(9-5-2-6-10-23)27-13-17-30-18-14-27/h1-20H2,(H2,24,25,28). The van der Waals surface area contributed by atoms with E-state index in [1.54, 1.807) is 0 Å². The van der Waals surface area contributed by atoms with Gasteiger partial charge in [-0.2, -0.15) is 0 Å². The molecule has 4 rings (SSSR count). The molecule has 30 heavy (non-hydrogen) atoms. The topological polar surface area (TPSA) is 66.1 Å². The Bertz CT molecular complexity index is 489. The highest BCUT2D eigenvalue weighted by Crippen LogP contribution is 2.35. The minimum absolute atomic E-state index is 0.00594. The van der Waals surface area contributed by atoms with Crippen molar-refractivity contribution in [2.24, 2.45) is 0 Å². The molecule has 2 heterocycles. The van der Waals surface area contributed by atoms with Crippen LogP contribution in [0.4, 0.5) is 4.79 Å². The molecule has 4 aliphatic rings. The molecule has 7 heteroatoms. The summed E-state index contributed by atoms with van der Waals surface area (Å²) in [5.74, 6) is 0. The van der Waals surface area contributed by atoms with Crippen LogP contribution < -0.4 is 10.6 Å². The van der Waals surface area contributed by atoms with Crippen molar-refractivity contribution in [3.8, 4) is 0 Å². The average molecular weight is 423 g/mol. The van der Waals surface area contributed by atoms with Gasteiger partial charge in [-0.1, -0.05) is 38.5 Å². The van der Waals surface area contributed by atoms with Crippen molar-refractivity contribution < 1.29 is 14.3 Å². The molecule has 0 aromatic heterocycles. The van der Waals surface area contributed by atoms with Crippen LogP contribution in [0, 0.1) is 0 Å². The first-order valence-corrected chi connectivity index (χ1v) is 12.4. The number of nitrogens with zero attached hydrogens (tertiary/aromatic N) is 2. The molecule has 172 valence electrons. The maximum absolute atomic E-state index is 12.9. The van der Waals surface area contributed by atoms with Gasteiger partial charge in [0.1, 0.15) is 0 Å². The lowest BCUT2D eigenvalue weighted by Gasteiger charge is -2.49. The first-order chi connectivity index (χ1) is 14.7. The summed E-state index contributed by atoms with van der Waals surface area (Å²) >= 11 is 0. The molecule has 7 nitrogen and oxygen atoms in total. The predicted molar refractivity (Wildman–Crippen MR) is 118 cm³/mol. The fraction of sp³-hybridized carbons (Fsp3) is 0.957. The minimum atomic E-state index is 0.00594. The first-order valence-electron chi connectivity index (χ1n) is 12.4. The summed E-state index contributed by atoms with van der Waals surface area (Å²) in [7, 11) is 0. The molecule has 2 N–H and O–H groups in total. The fourth-order valence-corrected chi connectivity index (χ4v) is 6.26. The lowest BCUT2D eigenvalue weighted by molar-refractivity contribution is -0.0375. The Balaban J connectivity index is 1.32. The summed E-state index contributed by atoms with van der Waals surface area (Å²) in [4.78, 5) is 18.0. The van der Waals surface area contributed by atoms with Crippen molar-refractivity contribution in [2.75, 3.05) is 65.7 Å². The van der Waals surface area contributed by atoms with E-state index in [0.29, 0.717) is 0 Å². The van der Waals surface area contributed by atoms with E-state index < -0.39 is 0 Å². The molecule has 2 aliphatic carbocycles. The SMILES string of the molecule is O=C(NCC1(N2CCOCC2)CCCCC1)NCC1(N2CCOCC2)CCCCC1. The van der Waals surface area contributed by atoms with E-state index in [9.17, 15) is 4.79 Å². The van der Waals surface area contributed by atoms with E-state index >= 15 is 0 Å². The Morgan fingerprint density at radius 2 is 1.00 bits per heavy atom. The molecule has 0 radical (unpaired) electrons. The molecule has 0 spiro atoms. The third-order valence-electron chi connectivity index (χ3n) is 8.09. The number of hydrogen-bond acceptors (Lipinski definition) is 5. The van der Waals surface area contributed by atoms with Crippen molar-refractivity contribution in [3.05, 3.63) is 0 Å². The van der Waals surface area contributed by atoms with Gasteiger partial charge < -0.3 is 20.1 Å². The quantitative estimate of drug-likeness (QED) is 0.688. The predicted octanol–water partition coefficient (Wildman–Crippen LogP) is 2.36. The maximum Gasteiger partial charge on any atom is 0.314 e. The van der Waals surface area contributed by atoms with Crippen LogP contribution >= 0.6 is 0 Å². The van der Waals surface area contributed by atoms with Gasteiger partial charge in [-0.05, 0) is 25.7 Å². The normalized spacial score (nSPS) is 28.0. The van der Waals surface area contributed by atoms with Crippen LogP contribution in [0.25, 0.3) is 0 Å². The van der Waals surface area contributed by atoms with Gasteiger partial charge >= 0.3 is 6.03 Å². The van der Waals surface area contributed by atoms with Crippen LogP contribution in [0.5, 0.6) is 0 Å². The summed E-state index contributed by atoms with van der Waals surface area (Å²) in [6.45, 7) is 8.73. The van der Waals surface area contributed by atoms with Crippen molar-refractivity contribution >= 4 is 6.03 Å². The number of ether oxygens (including phenoxy) is 2. The van der Waals surface area contributed by atoms with Gasteiger partial charge in [-0.3, -0.25) is 9.80 Å². The summed E-state index contributed by atoms with van der Waals surface area (Å²) in [5, 5.41) is 6.55. The van der Waals surface area contributed by atoms with E-state index in [0.717, 1.165) is 65.7 Å². The molecule has 0 atom stereocenters. The summed E-state index contributed by atoms with van der Waals surface area (Å²) in [6, 6.07) is 0.00594. The molecule has 0 bridgehead atoms. The van der Waals surface area contributed by atoms with Gasteiger partial charge in [0.25, 0.3) is 0 Å².